The van der Waals surface area contributed by atoms with Crippen LogP contribution in [0.1, 0.15) is 22.2 Å². The highest BCUT2D eigenvalue weighted by molar-refractivity contribution is 7.19. The van der Waals surface area contributed by atoms with Gasteiger partial charge in [-0.2, -0.15) is 0 Å². The van der Waals surface area contributed by atoms with E-state index in [1.54, 1.807) is 18.2 Å². The fourth-order valence-electron chi connectivity index (χ4n) is 1.44. The van der Waals surface area contributed by atoms with Crippen molar-refractivity contribution in [3.63, 3.8) is 0 Å². The van der Waals surface area contributed by atoms with Gasteiger partial charge in [0.1, 0.15) is 12.1 Å². The van der Waals surface area contributed by atoms with Crippen LogP contribution in [0.2, 0.25) is 0 Å². The molecule has 14 heavy (non-hydrogen) atoms. The molecule has 2 aromatic rings. The Morgan fingerprint density at radius 3 is 2.93 bits per heavy atom. The van der Waals surface area contributed by atoms with Gasteiger partial charge in [0, 0.05) is 20.5 Å². The Labute approximate surface area is 85.2 Å². The average molecular weight is 208 g/mol. The molecule has 0 fully saturated rings. The number of benzene rings is 1. The molecule has 1 heterocycles. The van der Waals surface area contributed by atoms with Crippen LogP contribution in [0.3, 0.4) is 0 Å². The minimum absolute atomic E-state index is 0.170. The Bertz CT molecular complexity index is 487. The van der Waals surface area contributed by atoms with Crippen LogP contribution in [-0.2, 0) is 6.42 Å². The predicted molar refractivity (Wildman–Crippen MR) is 56.5 cm³/mol. The van der Waals surface area contributed by atoms with Crippen molar-refractivity contribution >= 4 is 27.7 Å². The number of aryl methyl sites for hydroxylation is 1. The van der Waals surface area contributed by atoms with Gasteiger partial charge in [0.15, 0.2) is 0 Å². The van der Waals surface area contributed by atoms with Crippen LogP contribution in [0.15, 0.2) is 18.2 Å². The van der Waals surface area contributed by atoms with Crippen LogP contribution in [0, 0.1) is 5.82 Å². The van der Waals surface area contributed by atoms with Crippen molar-refractivity contribution in [1.82, 2.24) is 0 Å². The van der Waals surface area contributed by atoms with E-state index >= 15 is 0 Å². The molecular weight excluding hydrogens is 199 g/mol. The van der Waals surface area contributed by atoms with Crippen LogP contribution in [0.5, 0.6) is 0 Å². The van der Waals surface area contributed by atoms with Crippen molar-refractivity contribution in [1.29, 1.82) is 0 Å². The smallest absolute Gasteiger partial charge is 0.150 e. The number of thiophene rings is 1. The topological polar surface area (TPSA) is 17.1 Å². The van der Waals surface area contributed by atoms with E-state index in [-0.39, 0.29) is 5.82 Å². The zero-order valence-electron chi connectivity index (χ0n) is 7.71. The molecule has 1 nitrogen and oxygen atoms in total. The van der Waals surface area contributed by atoms with Gasteiger partial charge in [0.2, 0.25) is 0 Å². The first-order valence-electron chi connectivity index (χ1n) is 4.42. The summed E-state index contributed by atoms with van der Waals surface area (Å²) in [5.74, 6) is -0.170. The largest absolute Gasteiger partial charge is 0.298 e. The van der Waals surface area contributed by atoms with Crippen LogP contribution >= 0.6 is 11.3 Å². The molecule has 1 aromatic carbocycles. The molecule has 0 amide bonds. The second kappa shape index (κ2) is 3.50. The molecule has 0 spiro atoms. The summed E-state index contributed by atoms with van der Waals surface area (Å²) in [5.41, 5.74) is 0.525. The summed E-state index contributed by atoms with van der Waals surface area (Å²) in [6.45, 7) is 1.93. The van der Waals surface area contributed by atoms with Gasteiger partial charge in [-0.25, -0.2) is 4.39 Å². The third kappa shape index (κ3) is 1.34. The Kier molecular flexibility index (Phi) is 2.33. The molecule has 0 saturated carbocycles. The number of hydrogen-bond acceptors (Lipinski definition) is 2. The van der Waals surface area contributed by atoms with Gasteiger partial charge in [-0.3, -0.25) is 4.79 Å². The lowest BCUT2D eigenvalue weighted by molar-refractivity contribution is 0.112. The number of halogens is 1. The molecule has 0 radical (unpaired) electrons. The maximum Gasteiger partial charge on any atom is 0.150 e. The second-order valence-corrected chi connectivity index (χ2v) is 4.20. The summed E-state index contributed by atoms with van der Waals surface area (Å²) >= 11 is 1.45. The number of fused-ring (bicyclic) bond motifs is 1. The van der Waals surface area contributed by atoms with E-state index in [1.807, 2.05) is 6.92 Å². The number of carbonyl (C=O) groups is 1. The third-order valence-electron chi connectivity index (χ3n) is 2.18. The Morgan fingerprint density at radius 2 is 2.29 bits per heavy atom. The minimum atomic E-state index is -0.170. The number of carbonyl (C=O) groups excluding carboxylic acids is 1. The quantitative estimate of drug-likeness (QED) is 0.691. The lowest BCUT2D eigenvalue weighted by Gasteiger charge is -1.91. The highest BCUT2D eigenvalue weighted by Gasteiger charge is 2.10. The summed E-state index contributed by atoms with van der Waals surface area (Å²) in [6, 6.07) is 5.12. The van der Waals surface area contributed by atoms with Gasteiger partial charge in [-0.15, -0.1) is 11.3 Å². The zero-order valence-corrected chi connectivity index (χ0v) is 8.53. The molecule has 0 saturated heterocycles. The van der Waals surface area contributed by atoms with Crippen LogP contribution in [0.25, 0.3) is 10.1 Å². The molecule has 0 bridgehead atoms. The maximum atomic E-state index is 13.6. The molecule has 0 aliphatic rings. The predicted octanol–water partition coefficient (Wildman–Crippen LogP) is 3.42. The van der Waals surface area contributed by atoms with Crippen molar-refractivity contribution < 1.29 is 9.18 Å². The van der Waals surface area contributed by atoms with Gasteiger partial charge in [-0.1, -0.05) is 13.0 Å². The van der Waals surface area contributed by atoms with Gasteiger partial charge >= 0.3 is 0 Å². The summed E-state index contributed by atoms with van der Waals surface area (Å²) in [6.07, 6.45) is 1.43. The summed E-state index contributed by atoms with van der Waals surface area (Å²) in [5, 5.41) is 0.566. The molecule has 2 rings (SSSR count). The lowest BCUT2D eigenvalue weighted by Crippen LogP contribution is -1.80. The molecule has 3 heteroatoms. The monoisotopic (exact) mass is 208 g/mol. The van der Waals surface area contributed by atoms with E-state index < -0.39 is 0 Å². The standard InChI is InChI=1S/C11H9FOS/c1-2-9-11(12)8-5-7(6-13)3-4-10(8)14-9/h3-6H,2H2,1H3. The second-order valence-electron chi connectivity index (χ2n) is 3.07. The van der Waals surface area contributed by atoms with E-state index in [2.05, 4.69) is 0 Å². The van der Waals surface area contributed by atoms with Crippen molar-refractivity contribution in [2.24, 2.45) is 0 Å². The lowest BCUT2D eigenvalue weighted by atomic mass is 10.1. The Hall–Kier alpha value is -1.22. The van der Waals surface area contributed by atoms with Crippen LogP contribution < -0.4 is 0 Å². The molecule has 0 aliphatic heterocycles. The molecule has 0 N–H and O–H groups in total. The van der Waals surface area contributed by atoms with E-state index in [9.17, 15) is 9.18 Å². The van der Waals surface area contributed by atoms with Gasteiger partial charge in [0.05, 0.1) is 0 Å². The van der Waals surface area contributed by atoms with Crippen molar-refractivity contribution in [3.8, 4) is 0 Å². The molecule has 1 aromatic heterocycles. The fraction of sp³-hybridized carbons (Fsp3) is 0.182. The summed E-state index contributed by atoms with van der Waals surface area (Å²) in [7, 11) is 0. The third-order valence-corrected chi connectivity index (χ3v) is 3.47. The highest BCUT2D eigenvalue weighted by atomic mass is 32.1. The van der Waals surface area contributed by atoms with Crippen LogP contribution in [-0.4, -0.2) is 6.29 Å². The van der Waals surface area contributed by atoms with E-state index in [0.717, 1.165) is 15.9 Å². The van der Waals surface area contributed by atoms with Gasteiger partial charge in [0.25, 0.3) is 0 Å². The summed E-state index contributed by atoms with van der Waals surface area (Å²) < 4.78 is 14.5. The number of rotatable bonds is 2. The van der Waals surface area contributed by atoms with Gasteiger partial charge < -0.3 is 0 Å². The minimum Gasteiger partial charge on any atom is -0.298 e. The average Bonchev–Trinajstić information content (AvgIpc) is 2.55. The first-order valence-corrected chi connectivity index (χ1v) is 5.24. The Morgan fingerprint density at radius 1 is 1.50 bits per heavy atom. The van der Waals surface area contributed by atoms with E-state index in [0.29, 0.717) is 17.4 Å². The number of aldehydes is 1. The summed E-state index contributed by atoms with van der Waals surface area (Å²) in [4.78, 5) is 11.3. The molecule has 0 aliphatic carbocycles. The van der Waals surface area contributed by atoms with Crippen molar-refractivity contribution in [3.05, 3.63) is 34.5 Å². The van der Waals surface area contributed by atoms with Crippen molar-refractivity contribution in [2.45, 2.75) is 13.3 Å². The van der Waals surface area contributed by atoms with E-state index in [1.165, 1.54) is 11.3 Å². The highest BCUT2D eigenvalue weighted by Crippen LogP contribution is 2.30. The van der Waals surface area contributed by atoms with E-state index in [4.69, 9.17) is 0 Å². The molecule has 0 unspecified atom stereocenters. The molecule has 0 atom stereocenters. The Balaban J connectivity index is 2.73. The number of hydrogen-bond donors (Lipinski definition) is 0. The molecular formula is C11H9FOS. The first kappa shape index (κ1) is 9.34. The van der Waals surface area contributed by atoms with Crippen LogP contribution in [0.4, 0.5) is 4.39 Å². The SMILES string of the molecule is CCc1sc2ccc(C=O)cc2c1F. The maximum absolute atomic E-state index is 13.6. The first-order chi connectivity index (χ1) is 6.76. The molecule has 72 valence electrons. The fourth-order valence-corrected chi connectivity index (χ4v) is 2.44. The normalized spacial score (nSPS) is 10.7. The van der Waals surface area contributed by atoms with Gasteiger partial charge in [-0.05, 0) is 18.6 Å². The zero-order chi connectivity index (χ0) is 10.1. The van der Waals surface area contributed by atoms with Crippen molar-refractivity contribution in [2.75, 3.05) is 0 Å².